The summed E-state index contributed by atoms with van der Waals surface area (Å²) in [5, 5.41) is 3.23. The van der Waals surface area contributed by atoms with Crippen LogP contribution in [0.15, 0.2) is 52.3 Å². The smallest absolute Gasteiger partial charge is 0.264 e. The van der Waals surface area contributed by atoms with Gasteiger partial charge in [-0.3, -0.25) is 9.59 Å². The van der Waals surface area contributed by atoms with E-state index in [0.29, 0.717) is 22.3 Å². The lowest BCUT2D eigenvalue weighted by atomic mass is 9.78. The van der Waals surface area contributed by atoms with Crippen LogP contribution in [0.5, 0.6) is 5.75 Å². The zero-order valence-electron chi connectivity index (χ0n) is 19.1. The molecule has 2 aromatic carbocycles. The van der Waals surface area contributed by atoms with Crippen LogP contribution in [0.1, 0.15) is 49.0 Å². The maximum absolute atomic E-state index is 13.0. The van der Waals surface area contributed by atoms with Gasteiger partial charge in [0.05, 0.1) is 17.7 Å². The monoisotopic (exact) mass is 450 g/mol. The molecule has 0 radical (unpaired) electrons. The van der Waals surface area contributed by atoms with Crippen LogP contribution in [-0.2, 0) is 4.79 Å². The van der Waals surface area contributed by atoms with Crippen molar-refractivity contribution in [2.75, 3.05) is 19.1 Å². The third kappa shape index (κ3) is 4.56. The molecule has 6 heteroatoms. The van der Waals surface area contributed by atoms with E-state index in [0.717, 1.165) is 34.7 Å². The van der Waals surface area contributed by atoms with Gasteiger partial charge in [-0.05, 0) is 60.2 Å². The minimum atomic E-state index is -0.0856. The highest BCUT2D eigenvalue weighted by Crippen LogP contribution is 2.42. The molecule has 5 nitrogen and oxygen atoms in total. The third-order valence-electron chi connectivity index (χ3n) is 6.73. The van der Waals surface area contributed by atoms with Gasteiger partial charge in [-0.2, -0.15) is 0 Å². The molecule has 1 saturated carbocycles. The molecule has 4 rings (SSSR count). The maximum atomic E-state index is 13.0. The molecule has 1 heterocycles. The second-order valence-electron chi connectivity index (χ2n) is 8.78. The number of likely N-dealkylation sites (N-methyl/N-ethyl adjacent to an activating group) is 1. The molecule has 2 aromatic rings. The molecular weight excluding hydrogens is 420 g/mol. The number of nitrogens with one attached hydrogen (secondary N) is 1. The van der Waals surface area contributed by atoms with Crippen molar-refractivity contribution < 1.29 is 14.3 Å². The summed E-state index contributed by atoms with van der Waals surface area (Å²) in [7, 11) is 3.38. The largest absolute Gasteiger partial charge is 0.497 e. The van der Waals surface area contributed by atoms with Crippen molar-refractivity contribution in [2.45, 2.75) is 44.0 Å². The number of amides is 2. The molecule has 1 N–H and O–H groups in total. The third-order valence-corrected chi connectivity index (χ3v) is 7.81. The minimum Gasteiger partial charge on any atom is -0.497 e. The maximum Gasteiger partial charge on any atom is 0.264 e. The van der Waals surface area contributed by atoms with Crippen molar-refractivity contribution in [2.24, 2.45) is 11.8 Å². The number of benzene rings is 2. The minimum absolute atomic E-state index is 0.0673. The average molecular weight is 451 g/mol. The molecule has 2 aliphatic rings. The summed E-state index contributed by atoms with van der Waals surface area (Å²) in [5.74, 6) is 1.68. The topological polar surface area (TPSA) is 58.6 Å². The summed E-state index contributed by atoms with van der Waals surface area (Å²) in [6, 6.07) is 13.4. The van der Waals surface area contributed by atoms with E-state index in [1.54, 1.807) is 19.1 Å². The lowest BCUT2D eigenvalue weighted by Crippen LogP contribution is -2.43. The number of anilines is 1. The molecule has 168 valence electrons. The number of rotatable bonds is 4. The predicted octanol–water partition coefficient (Wildman–Crippen LogP) is 5.36. The zero-order valence-corrected chi connectivity index (χ0v) is 19.9. The van der Waals surface area contributed by atoms with Crippen LogP contribution in [-0.4, -0.2) is 32.0 Å². The second kappa shape index (κ2) is 9.41. The Bertz CT molecular complexity index is 1060. The van der Waals surface area contributed by atoms with Gasteiger partial charge in [-0.1, -0.05) is 50.6 Å². The second-order valence-corrected chi connectivity index (χ2v) is 9.86. The first-order valence-electron chi connectivity index (χ1n) is 11.1. The van der Waals surface area contributed by atoms with Crippen molar-refractivity contribution in [3.63, 3.8) is 0 Å². The number of hydrogen-bond donors (Lipinski definition) is 1. The first-order chi connectivity index (χ1) is 15.4. The fourth-order valence-electron chi connectivity index (χ4n) is 4.46. The molecule has 1 aliphatic carbocycles. The van der Waals surface area contributed by atoms with Gasteiger partial charge in [0.25, 0.3) is 11.8 Å². The van der Waals surface area contributed by atoms with Crippen LogP contribution in [0.4, 0.5) is 5.69 Å². The number of carbonyl (C=O) groups is 2. The number of ether oxygens (including phenoxy) is 1. The van der Waals surface area contributed by atoms with Crippen LogP contribution in [0, 0.1) is 11.8 Å². The van der Waals surface area contributed by atoms with Crippen molar-refractivity contribution in [1.29, 1.82) is 0 Å². The Kier molecular flexibility index (Phi) is 6.60. The molecule has 0 unspecified atom stereocenters. The molecule has 0 saturated heterocycles. The van der Waals surface area contributed by atoms with Crippen LogP contribution in [0.3, 0.4) is 0 Å². The Morgan fingerprint density at radius 2 is 2.00 bits per heavy atom. The van der Waals surface area contributed by atoms with Gasteiger partial charge < -0.3 is 15.0 Å². The summed E-state index contributed by atoms with van der Waals surface area (Å²) in [6.07, 6.45) is 5.27. The van der Waals surface area contributed by atoms with Gasteiger partial charge in [0.2, 0.25) is 0 Å². The Balaban J connectivity index is 1.55. The number of carbonyl (C=O) groups excluding carboxylic acids is 2. The fraction of sp³-hybridized carbons (Fsp3) is 0.385. The summed E-state index contributed by atoms with van der Waals surface area (Å²) in [4.78, 5) is 29.2. The lowest BCUT2D eigenvalue weighted by molar-refractivity contribution is -0.114. The fourth-order valence-corrected chi connectivity index (χ4v) is 5.55. The van der Waals surface area contributed by atoms with Gasteiger partial charge >= 0.3 is 0 Å². The molecule has 1 aliphatic heterocycles. The number of thioether (sulfide) groups is 1. The van der Waals surface area contributed by atoms with Gasteiger partial charge in [0.1, 0.15) is 5.75 Å². The van der Waals surface area contributed by atoms with Crippen molar-refractivity contribution in [3.8, 4) is 5.75 Å². The van der Waals surface area contributed by atoms with E-state index in [-0.39, 0.29) is 17.9 Å². The first kappa shape index (κ1) is 22.5. The number of fused-ring (bicyclic) bond motifs is 1. The van der Waals surface area contributed by atoms with E-state index in [1.807, 2.05) is 48.5 Å². The highest BCUT2D eigenvalue weighted by atomic mass is 32.2. The molecular formula is C26H30N2O3S. The van der Waals surface area contributed by atoms with E-state index < -0.39 is 0 Å². The van der Waals surface area contributed by atoms with Crippen molar-refractivity contribution >= 4 is 35.3 Å². The Hall–Kier alpha value is -2.73. The van der Waals surface area contributed by atoms with Gasteiger partial charge in [-0.15, -0.1) is 0 Å². The summed E-state index contributed by atoms with van der Waals surface area (Å²) >= 11 is 1.43. The predicted molar refractivity (Wildman–Crippen MR) is 130 cm³/mol. The SMILES string of the molecule is COc1cccc(/C=C2\Sc3ccc(C(=O)N[C@@H]4CCC[C@H](C)[C@@H]4C)cc3N(C)C2=O)c1. The summed E-state index contributed by atoms with van der Waals surface area (Å²) < 4.78 is 5.28. The Morgan fingerprint density at radius 3 is 2.78 bits per heavy atom. The van der Waals surface area contributed by atoms with E-state index in [1.165, 1.54) is 18.2 Å². The Morgan fingerprint density at radius 1 is 1.19 bits per heavy atom. The summed E-state index contributed by atoms with van der Waals surface area (Å²) in [6.45, 7) is 4.48. The van der Waals surface area contributed by atoms with Crippen LogP contribution in [0.2, 0.25) is 0 Å². The lowest BCUT2D eigenvalue weighted by Gasteiger charge is -2.34. The first-order valence-corrected chi connectivity index (χ1v) is 12.0. The van der Waals surface area contributed by atoms with Gasteiger partial charge in [0.15, 0.2) is 0 Å². The number of hydrogen-bond acceptors (Lipinski definition) is 4. The van der Waals surface area contributed by atoms with Crippen LogP contribution < -0.4 is 15.0 Å². The van der Waals surface area contributed by atoms with Gasteiger partial charge in [-0.25, -0.2) is 0 Å². The summed E-state index contributed by atoms with van der Waals surface area (Å²) in [5.41, 5.74) is 2.26. The normalized spacial score (nSPS) is 24.2. The van der Waals surface area contributed by atoms with Crippen molar-refractivity contribution in [3.05, 3.63) is 58.5 Å². The molecule has 0 spiro atoms. The van der Waals surface area contributed by atoms with E-state index in [4.69, 9.17) is 4.74 Å². The Labute approximate surface area is 194 Å². The molecule has 3 atom stereocenters. The molecule has 2 amide bonds. The van der Waals surface area contributed by atoms with E-state index in [2.05, 4.69) is 19.2 Å². The molecule has 1 fully saturated rings. The average Bonchev–Trinajstić information content (AvgIpc) is 2.80. The van der Waals surface area contributed by atoms with Crippen LogP contribution >= 0.6 is 11.8 Å². The van der Waals surface area contributed by atoms with Crippen LogP contribution in [0.25, 0.3) is 6.08 Å². The highest BCUT2D eigenvalue weighted by Gasteiger charge is 2.30. The van der Waals surface area contributed by atoms with E-state index >= 15 is 0 Å². The van der Waals surface area contributed by atoms with E-state index in [9.17, 15) is 9.59 Å². The standard InChI is InChI=1S/C26H30N2O3S/c1-16-7-5-10-21(17(16)2)27-25(29)19-11-12-23-22(15-19)28(3)26(30)24(32-23)14-18-8-6-9-20(13-18)31-4/h6,8-9,11-17,21H,5,7,10H2,1-4H3,(H,27,29)/b24-14-/t16-,17-,21+/m0/s1. The highest BCUT2D eigenvalue weighted by molar-refractivity contribution is 8.04. The number of methoxy groups -OCH3 is 1. The van der Waals surface area contributed by atoms with Crippen molar-refractivity contribution in [1.82, 2.24) is 5.32 Å². The molecule has 32 heavy (non-hydrogen) atoms. The molecule has 0 bridgehead atoms. The zero-order chi connectivity index (χ0) is 22.8. The molecule has 0 aromatic heterocycles. The quantitative estimate of drug-likeness (QED) is 0.637. The number of nitrogens with zero attached hydrogens (tertiary/aromatic N) is 1. The van der Waals surface area contributed by atoms with Gasteiger partial charge in [0, 0.05) is 23.5 Å².